The largest absolute Gasteiger partial charge is 0.388 e. The number of halogens is 1. The fraction of sp³-hybridized carbons (Fsp3) is 0.800. The van der Waals surface area contributed by atoms with E-state index in [2.05, 4.69) is 25.9 Å². The van der Waals surface area contributed by atoms with E-state index in [0.29, 0.717) is 11.1 Å². The van der Waals surface area contributed by atoms with Crippen molar-refractivity contribution in [2.24, 2.45) is 18.9 Å². The molecule has 1 fully saturated rings. The fourth-order valence-electron chi connectivity index (χ4n) is 3.08. The minimum atomic E-state index is -0.467. The number of rotatable bonds is 3. The molecule has 4 heteroatoms. The van der Waals surface area contributed by atoms with Crippen LogP contribution in [0.4, 0.5) is 0 Å². The fourth-order valence-corrected chi connectivity index (χ4v) is 3.32. The van der Waals surface area contributed by atoms with Gasteiger partial charge in [0.25, 0.3) is 0 Å². The molecule has 0 amide bonds. The average molecular weight is 285 g/mol. The zero-order valence-electron chi connectivity index (χ0n) is 12.4. The molecule has 0 spiro atoms. The van der Waals surface area contributed by atoms with Crippen molar-refractivity contribution in [1.29, 1.82) is 0 Å². The predicted octanol–water partition coefficient (Wildman–Crippen LogP) is 4.06. The Morgan fingerprint density at radius 1 is 1.26 bits per heavy atom. The van der Waals surface area contributed by atoms with Crippen LogP contribution in [0, 0.1) is 11.8 Å². The van der Waals surface area contributed by atoms with E-state index in [1.54, 1.807) is 4.68 Å². The highest BCUT2D eigenvalue weighted by atomic mass is 35.5. The summed E-state index contributed by atoms with van der Waals surface area (Å²) in [5.74, 6) is 1.40. The highest BCUT2D eigenvalue weighted by Gasteiger charge is 2.31. The molecule has 1 aromatic heterocycles. The zero-order valence-corrected chi connectivity index (χ0v) is 13.1. The van der Waals surface area contributed by atoms with Crippen molar-refractivity contribution in [3.63, 3.8) is 0 Å². The SMILES string of the molecule is CC1CCC(C(O)c2c(C(C)C)nn(C)c2Cl)CC1. The third kappa shape index (κ3) is 2.97. The van der Waals surface area contributed by atoms with Crippen molar-refractivity contribution in [2.75, 3.05) is 0 Å². The number of hydrogen-bond acceptors (Lipinski definition) is 2. The molecule has 2 rings (SSSR count). The van der Waals surface area contributed by atoms with Gasteiger partial charge in [0.05, 0.1) is 11.8 Å². The number of aromatic nitrogens is 2. The first-order chi connectivity index (χ1) is 8.91. The molecule has 1 atom stereocenters. The summed E-state index contributed by atoms with van der Waals surface area (Å²) in [6.07, 6.45) is 4.12. The van der Waals surface area contributed by atoms with Gasteiger partial charge in [0.1, 0.15) is 5.15 Å². The van der Waals surface area contributed by atoms with E-state index >= 15 is 0 Å². The smallest absolute Gasteiger partial charge is 0.132 e. The van der Waals surface area contributed by atoms with E-state index in [9.17, 15) is 5.11 Å². The van der Waals surface area contributed by atoms with Crippen molar-refractivity contribution in [3.05, 3.63) is 16.4 Å². The maximum Gasteiger partial charge on any atom is 0.132 e. The Labute approximate surface area is 121 Å². The second-order valence-electron chi connectivity index (χ2n) is 6.33. The van der Waals surface area contributed by atoms with Gasteiger partial charge in [-0.05, 0) is 30.6 Å². The Bertz CT molecular complexity index is 434. The standard InChI is InChI=1S/C15H25ClN2O/c1-9(2)13-12(15(16)18(4)17-13)14(19)11-7-5-10(3)6-8-11/h9-11,14,19H,5-8H2,1-4H3. The lowest BCUT2D eigenvalue weighted by atomic mass is 9.78. The monoisotopic (exact) mass is 284 g/mol. The van der Waals surface area contributed by atoms with Crippen LogP contribution >= 0.6 is 11.6 Å². The van der Waals surface area contributed by atoms with Crippen LogP contribution in [0.1, 0.15) is 69.7 Å². The topological polar surface area (TPSA) is 38.1 Å². The van der Waals surface area contributed by atoms with Gasteiger partial charge >= 0.3 is 0 Å². The van der Waals surface area contributed by atoms with Crippen molar-refractivity contribution in [1.82, 2.24) is 9.78 Å². The van der Waals surface area contributed by atoms with Gasteiger partial charge < -0.3 is 5.11 Å². The van der Waals surface area contributed by atoms with Crippen LogP contribution in [0.2, 0.25) is 5.15 Å². The molecule has 1 heterocycles. The second kappa shape index (κ2) is 5.84. The maximum absolute atomic E-state index is 10.7. The lowest BCUT2D eigenvalue weighted by Gasteiger charge is -2.30. The highest BCUT2D eigenvalue weighted by Crippen LogP contribution is 2.41. The minimum Gasteiger partial charge on any atom is -0.388 e. The molecule has 1 N–H and O–H groups in total. The Morgan fingerprint density at radius 3 is 2.37 bits per heavy atom. The Kier molecular flexibility index (Phi) is 4.57. The summed E-state index contributed by atoms with van der Waals surface area (Å²) in [7, 11) is 1.84. The minimum absolute atomic E-state index is 0.283. The van der Waals surface area contributed by atoms with Gasteiger partial charge in [-0.2, -0.15) is 5.10 Å². The van der Waals surface area contributed by atoms with E-state index in [1.165, 1.54) is 12.8 Å². The van der Waals surface area contributed by atoms with Crippen molar-refractivity contribution < 1.29 is 5.11 Å². The van der Waals surface area contributed by atoms with Crippen LogP contribution in [0.5, 0.6) is 0 Å². The van der Waals surface area contributed by atoms with E-state index < -0.39 is 6.10 Å². The first-order valence-electron chi connectivity index (χ1n) is 7.32. The summed E-state index contributed by atoms with van der Waals surface area (Å²) in [6.45, 7) is 6.48. The molecule has 1 saturated carbocycles. The van der Waals surface area contributed by atoms with Crippen molar-refractivity contribution in [3.8, 4) is 0 Å². The molecular formula is C15H25ClN2O. The summed E-state index contributed by atoms with van der Waals surface area (Å²) in [5.41, 5.74) is 1.80. The molecule has 0 bridgehead atoms. The predicted molar refractivity (Wildman–Crippen MR) is 78.4 cm³/mol. The van der Waals surface area contributed by atoms with Crippen LogP contribution in [-0.4, -0.2) is 14.9 Å². The molecule has 3 nitrogen and oxygen atoms in total. The summed E-state index contributed by atoms with van der Waals surface area (Å²) < 4.78 is 1.68. The normalized spacial score (nSPS) is 25.8. The summed E-state index contributed by atoms with van der Waals surface area (Å²) in [6, 6.07) is 0. The maximum atomic E-state index is 10.7. The number of aryl methyl sites for hydroxylation is 1. The zero-order chi connectivity index (χ0) is 14.2. The van der Waals surface area contributed by atoms with E-state index in [4.69, 9.17) is 11.6 Å². The lowest BCUT2D eigenvalue weighted by molar-refractivity contribution is 0.0747. The summed E-state index contributed by atoms with van der Waals surface area (Å²) in [4.78, 5) is 0. The van der Waals surface area contributed by atoms with Gasteiger partial charge in [-0.1, -0.05) is 45.2 Å². The number of nitrogens with zero attached hydrogens (tertiary/aromatic N) is 2. The molecule has 1 aliphatic carbocycles. The van der Waals surface area contributed by atoms with Gasteiger partial charge in [0.2, 0.25) is 0 Å². The molecule has 0 aliphatic heterocycles. The molecule has 0 radical (unpaired) electrons. The van der Waals surface area contributed by atoms with Gasteiger partial charge in [-0.3, -0.25) is 4.68 Å². The van der Waals surface area contributed by atoms with Crippen LogP contribution in [0.3, 0.4) is 0 Å². The van der Waals surface area contributed by atoms with Crippen molar-refractivity contribution >= 4 is 11.6 Å². The lowest BCUT2D eigenvalue weighted by Crippen LogP contribution is -2.20. The van der Waals surface area contributed by atoms with E-state index in [1.807, 2.05) is 7.05 Å². The van der Waals surface area contributed by atoms with Crippen LogP contribution in [-0.2, 0) is 7.05 Å². The average Bonchev–Trinajstić information content (AvgIpc) is 2.66. The van der Waals surface area contributed by atoms with Crippen LogP contribution < -0.4 is 0 Å². The number of aliphatic hydroxyl groups excluding tert-OH is 1. The van der Waals surface area contributed by atoms with E-state index in [0.717, 1.165) is 30.0 Å². The first kappa shape index (κ1) is 14.9. The van der Waals surface area contributed by atoms with Gasteiger partial charge in [0, 0.05) is 12.6 Å². The van der Waals surface area contributed by atoms with E-state index in [-0.39, 0.29) is 5.92 Å². The molecule has 1 aliphatic rings. The van der Waals surface area contributed by atoms with Gasteiger partial charge in [-0.15, -0.1) is 0 Å². The van der Waals surface area contributed by atoms with Crippen LogP contribution in [0.25, 0.3) is 0 Å². The molecule has 19 heavy (non-hydrogen) atoms. The molecule has 0 saturated heterocycles. The molecular weight excluding hydrogens is 260 g/mol. The Hall–Kier alpha value is -0.540. The van der Waals surface area contributed by atoms with Gasteiger partial charge in [0.15, 0.2) is 0 Å². The molecule has 1 unspecified atom stereocenters. The third-order valence-electron chi connectivity index (χ3n) is 4.39. The first-order valence-corrected chi connectivity index (χ1v) is 7.70. The Balaban J connectivity index is 2.25. The molecule has 108 valence electrons. The highest BCUT2D eigenvalue weighted by molar-refractivity contribution is 6.30. The quantitative estimate of drug-likeness (QED) is 0.909. The van der Waals surface area contributed by atoms with Crippen LogP contribution in [0.15, 0.2) is 0 Å². The molecule has 0 aromatic carbocycles. The third-order valence-corrected chi connectivity index (χ3v) is 4.84. The second-order valence-corrected chi connectivity index (χ2v) is 6.69. The van der Waals surface area contributed by atoms with Gasteiger partial charge in [-0.25, -0.2) is 0 Å². The number of aliphatic hydroxyl groups is 1. The number of hydrogen-bond donors (Lipinski definition) is 1. The Morgan fingerprint density at radius 2 is 1.84 bits per heavy atom. The van der Waals surface area contributed by atoms with Crippen molar-refractivity contribution in [2.45, 2.75) is 58.5 Å². The summed E-state index contributed by atoms with van der Waals surface area (Å²) >= 11 is 6.34. The summed E-state index contributed by atoms with van der Waals surface area (Å²) in [5, 5.41) is 15.8. The molecule has 1 aromatic rings.